The molecule has 3 atom stereocenters. The average Bonchev–Trinajstić information content (AvgIpc) is 2.90. The van der Waals surface area contributed by atoms with Crippen LogP contribution in [0.4, 0.5) is 5.69 Å². The van der Waals surface area contributed by atoms with Crippen LogP contribution in [-0.2, 0) is 9.47 Å². The van der Waals surface area contributed by atoms with Gasteiger partial charge in [0.05, 0.1) is 18.2 Å². The van der Waals surface area contributed by atoms with Gasteiger partial charge >= 0.3 is 0 Å². The molecule has 2 aliphatic heterocycles. The van der Waals surface area contributed by atoms with Gasteiger partial charge in [0.15, 0.2) is 0 Å². The molecule has 2 saturated heterocycles. The minimum Gasteiger partial charge on any atom is -0.398 e. The summed E-state index contributed by atoms with van der Waals surface area (Å²) in [4.78, 5) is 0. The Morgan fingerprint density at radius 1 is 1.38 bits per heavy atom. The first-order chi connectivity index (χ1) is 10.1. The number of benzene rings is 1. The van der Waals surface area contributed by atoms with Crippen LogP contribution in [0.3, 0.4) is 0 Å². The molecule has 3 rings (SSSR count). The van der Waals surface area contributed by atoms with Gasteiger partial charge in [0.2, 0.25) is 0 Å². The predicted octanol–water partition coefficient (Wildman–Crippen LogP) is 2.01. The Labute approximate surface area is 129 Å². The monoisotopic (exact) mass is 311 g/mol. The molecule has 0 saturated carbocycles. The van der Waals surface area contributed by atoms with Gasteiger partial charge in [-0.25, -0.2) is 0 Å². The van der Waals surface area contributed by atoms with E-state index in [1.54, 1.807) is 6.07 Å². The van der Waals surface area contributed by atoms with Gasteiger partial charge < -0.3 is 15.2 Å². The van der Waals surface area contributed by atoms with E-state index >= 15 is 0 Å². The lowest BCUT2D eigenvalue weighted by molar-refractivity contribution is -0.103. The molecule has 0 amide bonds. The van der Waals surface area contributed by atoms with E-state index in [1.807, 2.05) is 12.1 Å². The lowest BCUT2D eigenvalue weighted by Gasteiger charge is -2.40. The van der Waals surface area contributed by atoms with E-state index in [0.29, 0.717) is 23.2 Å². The number of hydrazine groups is 1. The zero-order valence-corrected chi connectivity index (χ0v) is 12.7. The van der Waals surface area contributed by atoms with Crippen LogP contribution in [-0.4, -0.2) is 25.4 Å². The minimum atomic E-state index is -0.140. The first-order valence-corrected chi connectivity index (χ1v) is 7.74. The number of rotatable bonds is 3. The summed E-state index contributed by atoms with van der Waals surface area (Å²) in [6, 6.07) is 5.58. The Kier molecular flexibility index (Phi) is 4.38. The Morgan fingerprint density at radius 3 is 2.90 bits per heavy atom. The lowest BCUT2D eigenvalue weighted by Crippen LogP contribution is -2.45. The Morgan fingerprint density at radius 2 is 2.24 bits per heavy atom. The molecular formula is C15H22ClN3O2. The zero-order chi connectivity index (χ0) is 14.9. The van der Waals surface area contributed by atoms with Crippen LogP contribution < -0.4 is 17.0 Å². The smallest absolute Gasteiger partial charge is 0.0940 e. The fourth-order valence-corrected chi connectivity index (χ4v) is 3.70. The molecule has 5 nitrogen and oxygen atoms in total. The number of nitrogens with one attached hydrogen (secondary N) is 1. The van der Waals surface area contributed by atoms with Gasteiger partial charge in [0.25, 0.3) is 0 Å². The minimum absolute atomic E-state index is 0.00337. The van der Waals surface area contributed by atoms with Crippen molar-refractivity contribution in [3.05, 3.63) is 28.8 Å². The fraction of sp³-hybridized carbons (Fsp3) is 0.600. The van der Waals surface area contributed by atoms with Gasteiger partial charge in [-0.1, -0.05) is 17.7 Å². The number of ether oxygens (including phenoxy) is 2. The van der Waals surface area contributed by atoms with Crippen molar-refractivity contribution in [1.29, 1.82) is 0 Å². The summed E-state index contributed by atoms with van der Waals surface area (Å²) in [5, 5.41) is 0.639. The van der Waals surface area contributed by atoms with Crippen molar-refractivity contribution in [3.63, 3.8) is 0 Å². The number of hydrogen-bond acceptors (Lipinski definition) is 5. The molecule has 2 aliphatic rings. The Hall–Kier alpha value is -0.850. The average molecular weight is 312 g/mol. The molecule has 1 aromatic rings. The van der Waals surface area contributed by atoms with Crippen molar-refractivity contribution in [1.82, 2.24) is 5.43 Å². The van der Waals surface area contributed by atoms with E-state index in [2.05, 4.69) is 5.43 Å². The van der Waals surface area contributed by atoms with Gasteiger partial charge in [-0.3, -0.25) is 11.3 Å². The van der Waals surface area contributed by atoms with Crippen LogP contribution in [0.15, 0.2) is 18.2 Å². The van der Waals surface area contributed by atoms with Crippen molar-refractivity contribution in [3.8, 4) is 0 Å². The van der Waals surface area contributed by atoms with Gasteiger partial charge in [-0.05, 0) is 36.5 Å². The molecule has 0 aliphatic carbocycles. The molecule has 6 heteroatoms. The van der Waals surface area contributed by atoms with E-state index in [9.17, 15) is 0 Å². The van der Waals surface area contributed by atoms with E-state index < -0.39 is 0 Å². The van der Waals surface area contributed by atoms with Crippen molar-refractivity contribution < 1.29 is 9.47 Å². The highest BCUT2D eigenvalue weighted by Gasteiger charge is 2.43. The molecule has 1 aromatic carbocycles. The Balaban J connectivity index is 1.82. The molecule has 2 heterocycles. The highest BCUT2D eigenvalue weighted by molar-refractivity contribution is 6.30. The maximum absolute atomic E-state index is 6.11. The Bertz CT molecular complexity index is 506. The number of anilines is 1. The number of nitrogen functional groups attached to an aromatic ring is 1. The maximum atomic E-state index is 6.11. The largest absolute Gasteiger partial charge is 0.398 e. The summed E-state index contributed by atoms with van der Waals surface area (Å²) >= 11 is 5.98. The molecule has 0 aromatic heterocycles. The van der Waals surface area contributed by atoms with E-state index in [0.717, 1.165) is 38.0 Å². The van der Waals surface area contributed by atoms with Gasteiger partial charge in [0.1, 0.15) is 0 Å². The molecule has 5 N–H and O–H groups in total. The second-order valence-electron chi connectivity index (χ2n) is 6.00. The number of hydrogen-bond donors (Lipinski definition) is 3. The number of nitrogens with two attached hydrogens (primary N) is 2. The SMILES string of the molecule is NNC(c1ccc(Cl)cc1N)C1CCOC2(CCOC2)C1. The van der Waals surface area contributed by atoms with Crippen molar-refractivity contribution in [2.45, 2.75) is 30.9 Å². The third-order valence-corrected chi connectivity index (χ3v) is 4.87. The quantitative estimate of drug-likeness (QED) is 0.452. The number of halogens is 1. The van der Waals surface area contributed by atoms with Crippen molar-refractivity contribution in [2.75, 3.05) is 25.6 Å². The molecule has 21 heavy (non-hydrogen) atoms. The predicted molar refractivity (Wildman–Crippen MR) is 82.8 cm³/mol. The van der Waals surface area contributed by atoms with E-state index in [-0.39, 0.29) is 11.6 Å². The molecule has 1 spiro atoms. The normalized spacial score (nSPS) is 30.7. The lowest BCUT2D eigenvalue weighted by atomic mass is 9.79. The summed E-state index contributed by atoms with van der Waals surface area (Å²) in [6.45, 7) is 2.19. The van der Waals surface area contributed by atoms with Crippen LogP contribution >= 0.6 is 11.6 Å². The molecule has 116 valence electrons. The van der Waals surface area contributed by atoms with E-state index in [1.165, 1.54) is 0 Å². The first kappa shape index (κ1) is 15.1. The molecule has 0 bridgehead atoms. The van der Waals surface area contributed by atoms with Gasteiger partial charge in [0, 0.05) is 30.3 Å². The van der Waals surface area contributed by atoms with Crippen LogP contribution in [0.2, 0.25) is 5.02 Å². The maximum Gasteiger partial charge on any atom is 0.0940 e. The van der Waals surface area contributed by atoms with Gasteiger partial charge in [-0.2, -0.15) is 0 Å². The summed E-state index contributed by atoms with van der Waals surface area (Å²) in [7, 11) is 0. The second kappa shape index (κ2) is 6.10. The summed E-state index contributed by atoms with van der Waals surface area (Å²) < 4.78 is 11.5. The van der Waals surface area contributed by atoms with Crippen LogP contribution in [0.5, 0.6) is 0 Å². The molecule has 3 unspecified atom stereocenters. The zero-order valence-electron chi connectivity index (χ0n) is 12.0. The standard InChI is InChI=1S/C15H22ClN3O2/c16-11-1-2-12(13(17)7-11)14(19-18)10-3-5-21-15(8-10)4-6-20-9-15/h1-2,7,10,14,19H,3-6,8-9,17-18H2. The molecule has 2 fully saturated rings. The van der Waals surface area contributed by atoms with Crippen LogP contribution in [0.1, 0.15) is 30.9 Å². The topological polar surface area (TPSA) is 82.5 Å². The van der Waals surface area contributed by atoms with Crippen LogP contribution in [0.25, 0.3) is 0 Å². The highest BCUT2D eigenvalue weighted by atomic mass is 35.5. The second-order valence-corrected chi connectivity index (χ2v) is 6.44. The molecular weight excluding hydrogens is 290 g/mol. The third-order valence-electron chi connectivity index (χ3n) is 4.63. The highest BCUT2D eigenvalue weighted by Crippen LogP contribution is 2.41. The summed E-state index contributed by atoms with van der Waals surface area (Å²) in [5.41, 5.74) is 10.6. The summed E-state index contributed by atoms with van der Waals surface area (Å²) in [6.07, 6.45) is 2.85. The van der Waals surface area contributed by atoms with Crippen molar-refractivity contribution >= 4 is 17.3 Å². The fourth-order valence-electron chi connectivity index (χ4n) is 3.52. The van der Waals surface area contributed by atoms with E-state index in [4.69, 9.17) is 32.7 Å². The first-order valence-electron chi connectivity index (χ1n) is 7.36. The van der Waals surface area contributed by atoms with Crippen LogP contribution in [0, 0.1) is 5.92 Å². The third kappa shape index (κ3) is 3.03. The van der Waals surface area contributed by atoms with Gasteiger partial charge in [-0.15, -0.1) is 0 Å². The summed E-state index contributed by atoms with van der Waals surface area (Å²) in [5.74, 6) is 6.19. The molecule has 0 radical (unpaired) electrons. The van der Waals surface area contributed by atoms with Crippen molar-refractivity contribution in [2.24, 2.45) is 11.8 Å².